The van der Waals surface area contributed by atoms with Gasteiger partial charge in [0.1, 0.15) is 0 Å². The molecule has 0 spiro atoms. The minimum Gasteiger partial charge on any atom is -0.303 e. The molecule has 0 aliphatic heterocycles. The maximum Gasteiger partial charge on any atom is 0.466 e. The Hall–Kier alpha value is -2.83. The molecule has 0 saturated carbocycles. The highest BCUT2D eigenvalue weighted by molar-refractivity contribution is 7.45. The summed E-state index contributed by atoms with van der Waals surface area (Å²) in [5, 5.41) is 6.87. The van der Waals surface area contributed by atoms with Crippen LogP contribution in [0.5, 0.6) is 0 Å². The van der Waals surface area contributed by atoms with E-state index in [-0.39, 0.29) is 0 Å². The van der Waals surface area contributed by atoms with Gasteiger partial charge in [0, 0.05) is 18.0 Å². The van der Waals surface area contributed by atoms with E-state index >= 15 is 0 Å². The standard InChI is InChI=1S/C20H19N3.H3O4P/c1-17(19-12-14-21-15-13-19)22-23(20-10-6-3-7-11-20)16-18-8-4-2-5-9-18;1-5(2,3)4/h2-15H,16H2,1H3;(H3,1,2,3,4). The highest BCUT2D eigenvalue weighted by Crippen LogP contribution is 2.25. The number of rotatable bonds is 5. The van der Waals surface area contributed by atoms with Crippen LogP contribution in [-0.4, -0.2) is 25.4 Å². The van der Waals surface area contributed by atoms with Gasteiger partial charge in [-0.2, -0.15) is 5.10 Å². The zero-order chi connectivity index (χ0) is 20.4. The summed E-state index contributed by atoms with van der Waals surface area (Å²) in [7, 11) is -4.64. The van der Waals surface area contributed by atoms with Crippen LogP contribution in [0.3, 0.4) is 0 Å². The summed E-state index contributed by atoms with van der Waals surface area (Å²) in [6.45, 7) is 2.75. The zero-order valence-electron chi connectivity index (χ0n) is 15.3. The van der Waals surface area contributed by atoms with E-state index in [9.17, 15) is 0 Å². The van der Waals surface area contributed by atoms with E-state index in [1.807, 2.05) is 48.3 Å². The molecular weight excluding hydrogens is 377 g/mol. The van der Waals surface area contributed by atoms with Crippen LogP contribution < -0.4 is 5.01 Å². The van der Waals surface area contributed by atoms with Crippen molar-refractivity contribution in [1.29, 1.82) is 0 Å². The summed E-state index contributed by atoms with van der Waals surface area (Å²) in [6, 6.07) is 24.6. The molecule has 2 aromatic carbocycles. The van der Waals surface area contributed by atoms with Gasteiger partial charge in [0.05, 0.1) is 17.9 Å². The van der Waals surface area contributed by atoms with Crippen LogP contribution >= 0.6 is 7.82 Å². The molecule has 0 aliphatic rings. The van der Waals surface area contributed by atoms with Crippen molar-refractivity contribution in [3.05, 3.63) is 96.3 Å². The van der Waals surface area contributed by atoms with Crippen LogP contribution in [0.2, 0.25) is 0 Å². The Morgan fingerprint density at radius 3 is 1.96 bits per heavy atom. The van der Waals surface area contributed by atoms with Crippen molar-refractivity contribution in [3.63, 3.8) is 0 Å². The Balaban J connectivity index is 0.000000500. The minimum absolute atomic E-state index is 0.729. The second kappa shape index (κ2) is 10.5. The molecule has 0 unspecified atom stereocenters. The quantitative estimate of drug-likeness (QED) is 0.344. The normalized spacial score (nSPS) is 11.4. The van der Waals surface area contributed by atoms with Crippen LogP contribution in [0.4, 0.5) is 5.69 Å². The van der Waals surface area contributed by atoms with E-state index in [4.69, 9.17) is 24.3 Å². The second-order valence-electron chi connectivity index (χ2n) is 5.81. The molecule has 3 rings (SSSR count). The molecule has 146 valence electrons. The topological polar surface area (TPSA) is 106 Å². The molecular formula is C20H22N3O4P. The van der Waals surface area contributed by atoms with Gasteiger partial charge >= 0.3 is 7.82 Å². The fraction of sp³-hybridized carbons (Fsp3) is 0.100. The first-order valence-electron chi connectivity index (χ1n) is 8.43. The molecule has 28 heavy (non-hydrogen) atoms. The molecule has 1 aromatic heterocycles. The first-order chi connectivity index (χ1) is 13.3. The van der Waals surface area contributed by atoms with Crippen LogP contribution in [0.15, 0.2) is 90.3 Å². The summed E-state index contributed by atoms with van der Waals surface area (Å²) < 4.78 is 8.88. The number of hydrogen-bond acceptors (Lipinski definition) is 4. The number of pyridine rings is 1. The Bertz CT molecular complexity index is 908. The number of anilines is 1. The van der Waals surface area contributed by atoms with Gasteiger partial charge in [-0.25, -0.2) is 4.57 Å². The summed E-state index contributed by atoms with van der Waals surface area (Å²) in [4.78, 5) is 25.6. The fourth-order valence-corrected chi connectivity index (χ4v) is 2.37. The second-order valence-corrected chi connectivity index (χ2v) is 6.84. The third kappa shape index (κ3) is 8.24. The van der Waals surface area contributed by atoms with Crippen molar-refractivity contribution < 1.29 is 19.2 Å². The van der Waals surface area contributed by atoms with Crippen molar-refractivity contribution in [3.8, 4) is 0 Å². The number of hydrogen-bond donors (Lipinski definition) is 3. The van der Waals surface area contributed by atoms with E-state index in [1.54, 1.807) is 12.4 Å². The van der Waals surface area contributed by atoms with E-state index in [0.717, 1.165) is 23.5 Å². The number of aromatic nitrogens is 1. The van der Waals surface area contributed by atoms with E-state index < -0.39 is 7.82 Å². The Morgan fingerprint density at radius 1 is 0.929 bits per heavy atom. The lowest BCUT2D eigenvalue weighted by Gasteiger charge is -2.20. The third-order valence-electron chi connectivity index (χ3n) is 3.60. The van der Waals surface area contributed by atoms with Gasteiger partial charge in [-0.3, -0.25) is 9.99 Å². The molecule has 0 radical (unpaired) electrons. The largest absolute Gasteiger partial charge is 0.466 e. The molecule has 3 aromatic rings. The van der Waals surface area contributed by atoms with Crippen molar-refractivity contribution in [1.82, 2.24) is 4.98 Å². The number of para-hydroxylation sites is 1. The molecule has 0 aliphatic carbocycles. The first-order valence-corrected chi connectivity index (χ1v) is 10.00. The van der Waals surface area contributed by atoms with Crippen molar-refractivity contribution in [2.75, 3.05) is 5.01 Å². The molecule has 1 heterocycles. The van der Waals surface area contributed by atoms with Crippen molar-refractivity contribution in [2.24, 2.45) is 5.10 Å². The van der Waals surface area contributed by atoms with E-state index in [2.05, 4.69) is 41.4 Å². The number of nitrogens with zero attached hydrogens (tertiary/aromatic N) is 3. The molecule has 0 amide bonds. The number of benzene rings is 2. The Labute approximate surface area is 163 Å². The van der Waals surface area contributed by atoms with Gasteiger partial charge in [0.15, 0.2) is 0 Å². The average molecular weight is 399 g/mol. The molecule has 0 bridgehead atoms. The predicted molar refractivity (Wildman–Crippen MR) is 110 cm³/mol. The highest BCUT2D eigenvalue weighted by Gasteiger charge is 2.07. The van der Waals surface area contributed by atoms with Gasteiger partial charge in [0.25, 0.3) is 0 Å². The van der Waals surface area contributed by atoms with Gasteiger partial charge in [-0.15, -0.1) is 0 Å². The molecule has 8 heteroatoms. The maximum absolute atomic E-state index is 8.88. The van der Waals surface area contributed by atoms with Crippen LogP contribution in [-0.2, 0) is 11.1 Å². The lowest BCUT2D eigenvalue weighted by atomic mass is 10.2. The molecule has 3 N–H and O–H groups in total. The van der Waals surface area contributed by atoms with Gasteiger partial charge in [-0.1, -0.05) is 48.5 Å². The molecule has 0 fully saturated rings. The van der Waals surface area contributed by atoms with E-state index in [1.165, 1.54) is 5.56 Å². The van der Waals surface area contributed by atoms with E-state index in [0.29, 0.717) is 0 Å². The predicted octanol–water partition coefficient (Wildman–Crippen LogP) is 3.58. The zero-order valence-corrected chi connectivity index (χ0v) is 16.2. The Kier molecular flexibility index (Phi) is 8.04. The SMILES string of the molecule is CC(=NN(Cc1ccccc1)c1ccccc1)c1ccncc1.O=P(O)(O)O. The Morgan fingerprint density at radius 2 is 1.43 bits per heavy atom. The van der Waals surface area contributed by atoms with Gasteiger partial charge < -0.3 is 14.7 Å². The smallest absolute Gasteiger partial charge is 0.303 e. The summed E-state index contributed by atoms with van der Waals surface area (Å²) in [5.41, 5.74) is 4.34. The fourth-order valence-electron chi connectivity index (χ4n) is 2.37. The summed E-state index contributed by atoms with van der Waals surface area (Å²) >= 11 is 0. The molecule has 0 saturated heterocycles. The molecule has 0 atom stereocenters. The average Bonchev–Trinajstić information content (AvgIpc) is 2.68. The lowest BCUT2D eigenvalue weighted by molar-refractivity contribution is 0.275. The lowest BCUT2D eigenvalue weighted by Crippen LogP contribution is -2.18. The van der Waals surface area contributed by atoms with Crippen LogP contribution in [0, 0.1) is 0 Å². The third-order valence-corrected chi connectivity index (χ3v) is 3.60. The van der Waals surface area contributed by atoms with Crippen LogP contribution in [0.1, 0.15) is 18.1 Å². The van der Waals surface area contributed by atoms with Crippen LogP contribution in [0.25, 0.3) is 0 Å². The number of hydrazone groups is 1. The maximum atomic E-state index is 8.88. The monoisotopic (exact) mass is 399 g/mol. The first kappa shape index (κ1) is 21.5. The van der Waals surface area contributed by atoms with Crippen molar-refractivity contribution >= 4 is 19.2 Å². The summed E-state index contributed by atoms with van der Waals surface area (Å²) in [5.74, 6) is 0. The van der Waals surface area contributed by atoms with Crippen molar-refractivity contribution in [2.45, 2.75) is 13.5 Å². The van der Waals surface area contributed by atoms with Gasteiger partial charge in [0.2, 0.25) is 0 Å². The minimum atomic E-state index is -4.64. The van der Waals surface area contributed by atoms with Gasteiger partial charge in [-0.05, 0) is 36.8 Å². The highest BCUT2D eigenvalue weighted by atomic mass is 31.2. The number of phosphoric acid groups is 1. The summed E-state index contributed by atoms with van der Waals surface area (Å²) in [6.07, 6.45) is 3.58. The molecule has 7 nitrogen and oxygen atoms in total.